The number of nitrogens with zero attached hydrogens (tertiary/aromatic N) is 4. The molecule has 1 fully saturated rings. The average molecular weight is 354 g/mol. The molecular weight excluding hydrogens is 322 g/mol. The maximum Gasteiger partial charge on any atom is 0.124 e. The topological polar surface area (TPSA) is 36.3 Å². The molecule has 0 bridgehead atoms. The van der Waals surface area contributed by atoms with E-state index in [2.05, 4.69) is 71.0 Å². The summed E-state index contributed by atoms with van der Waals surface area (Å²) in [4.78, 5) is 4.89. The Morgan fingerprint density at radius 1 is 1.08 bits per heavy atom. The number of fused-ring (bicyclic) bond motifs is 1. The molecule has 0 saturated carbocycles. The number of aromatic nitrogens is 2. The molecule has 2 aliphatic heterocycles. The summed E-state index contributed by atoms with van der Waals surface area (Å²) in [5.41, 5.74) is 3.82. The zero-order valence-electron chi connectivity index (χ0n) is 16.3. The first-order valence-corrected chi connectivity index (χ1v) is 9.96. The monoisotopic (exact) mass is 353 g/mol. The standard InChI is InChI=1S/C21H31N5/c1-4-21(2,19-16-20-22-10-5-11-26(20)23-19)17-6-8-18(9-7-17)25-14-12-24(3)13-15-25/h6-9,16,22H,4-5,10-15H2,1-3H3. The van der Waals surface area contributed by atoms with Gasteiger partial charge in [0.15, 0.2) is 0 Å². The van der Waals surface area contributed by atoms with Crippen molar-refractivity contribution in [2.24, 2.45) is 0 Å². The third-order valence-corrected chi connectivity index (χ3v) is 6.28. The first-order valence-electron chi connectivity index (χ1n) is 9.96. The largest absolute Gasteiger partial charge is 0.370 e. The Kier molecular flexibility index (Phi) is 4.65. The Labute approximate surface area is 157 Å². The third kappa shape index (κ3) is 3.09. The van der Waals surface area contributed by atoms with Crippen LogP contribution >= 0.6 is 0 Å². The van der Waals surface area contributed by atoms with Crippen molar-refractivity contribution in [2.45, 2.75) is 38.6 Å². The smallest absolute Gasteiger partial charge is 0.124 e. The van der Waals surface area contributed by atoms with Crippen molar-refractivity contribution in [3.05, 3.63) is 41.6 Å². The molecule has 4 rings (SSSR count). The average Bonchev–Trinajstić information content (AvgIpc) is 3.13. The van der Waals surface area contributed by atoms with E-state index in [0.717, 1.165) is 52.1 Å². The molecule has 26 heavy (non-hydrogen) atoms. The Morgan fingerprint density at radius 2 is 1.81 bits per heavy atom. The second-order valence-electron chi connectivity index (χ2n) is 7.94. The molecule has 1 atom stereocenters. The van der Waals surface area contributed by atoms with E-state index >= 15 is 0 Å². The van der Waals surface area contributed by atoms with Crippen molar-refractivity contribution in [1.82, 2.24) is 14.7 Å². The predicted molar refractivity (Wildman–Crippen MR) is 108 cm³/mol. The van der Waals surface area contributed by atoms with Crippen LogP contribution in [0.5, 0.6) is 0 Å². The highest BCUT2D eigenvalue weighted by molar-refractivity contribution is 5.51. The lowest BCUT2D eigenvalue weighted by Crippen LogP contribution is -2.44. The zero-order valence-corrected chi connectivity index (χ0v) is 16.3. The number of piperazine rings is 1. The number of likely N-dealkylation sites (N-methyl/N-ethyl adjacent to an activating group) is 1. The third-order valence-electron chi connectivity index (χ3n) is 6.28. The molecule has 2 aliphatic rings. The highest BCUT2D eigenvalue weighted by atomic mass is 15.3. The van der Waals surface area contributed by atoms with E-state index in [4.69, 9.17) is 5.10 Å². The molecule has 0 aliphatic carbocycles. The number of benzene rings is 1. The molecule has 2 aromatic rings. The maximum absolute atomic E-state index is 4.93. The number of hydrogen-bond donors (Lipinski definition) is 1. The van der Waals surface area contributed by atoms with Crippen LogP contribution in [0, 0.1) is 0 Å². The number of anilines is 2. The lowest BCUT2D eigenvalue weighted by Gasteiger charge is -2.34. The van der Waals surface area contributed by atoms with Crippen molar-refractivity contribution < 1.29 is 0 Å². The maximum atomic E-state index is 4.93. The summed E-state index contributed by atoms with van der Waals surface area (Å²) in [6.45, 7) is 11.2. The van der Waals surface area contributed by atoms with E-state index in [1.54, 1.807) is 0 Å². The molecular formula is C21H31N5. The van der Waals surface area contributed by atoms with Crippen LogP contribution in [0.15, 0.2) is 30.3 Å². The van der Waals surface area contributed by atoms with Crippen LogP contribution in [0.1, 0.15) is 37.9 Å². The van der Waals surface area contributed by atoms with Gasteiger partial charge in [-0.15, -0.1) is 0 Å². The van der Waals surface area contributed by atoms with Gasteiger partial charge in [-0.25, -0.2) is 4.68 Å². The van der Waals surface area contributed by atoms with Crippen molar-refractivity contribution in [3.8, 4) is 0 Å². The van der Waals surface area contributed by atoms with Crippen molar-refractivity contribution in [3.63, 3.8) is 0 Å². The number of hydrogen-bond acceptors (Lipinski definition) is 4. The minimum Gasteiger partial charge on any atom is -0.370 e. The van der Waals surface area contributed by atoms with Crippen molar-refractivity contribution in [1.29, 1.82) is 0 Å². The van der Waals surface area contributed by atoms with Crippen LogP contribution in [-0.4, -0.2) is 54.5 Å². The SMILES string of the molecule is CCC(C)(c1ccc(N2CCN(C)CC2)cc1)c1cc2n(n1)CCCN2. The molecule has 3 heterocycles. The predicted octanol–water partition coefficient (Wildman–Crippen LogP) is 3.17. The van der Waals surface area contributed by atoms with E-state index in [1.165, 1.54) is 22.8 Å². The Morgan fingerprint density at radius 3 is 2.46 bits per heavy atom. The van der Waals surface area contributed by atoms with Gasteiger partial charge in [0.2, 0.25) is 0 Å². The summed E-state index contributed by atoms with van der Waals surface area (Å²) in [5, 5.41) is 8.41. The van der Waals surface area contributed by atoms with Crippen LogP contribution in [0.4, 0.5) is 11.5 Å². The van der Waals surface area contributed by atoms with Gasteiger partial charge in [0.25, 0.3) is 0 Å². The van der Waals surface area contributed by atoms with E-state index in [-0.39, 0.29) is 5.41 Å². The summed E-state index contributed by atoms with van der Waals surface area (Å²) in [6.07, 6.45) is 2.19. The fraction of sp³-hybridized carbons (Fsp3) is 0.571. The van der Waals surface area contributed by atoms with E-state index < -0.39 is 0 Å². The van der Waals surface area contributed by atoms with E-state index in [1.807, 2.05) is 0 Å². The zero-order chi connectivity index (χ0) is 18.1. The van der Waals surface area contributed by atoms with E-state index in [9.17, 15) is 0 Å². The van der Waals surface area contributed by atoms with Gasteiger partial charge >= 0.3 is 0 Å². The summed E-state index contributed by atoms with van der Waals surface area (Å²) in [7, 11) is 2.20. The Hall–Kier alpha value is -2.01. The normalized spacial score (nSPS) is 20.3. The summed E-state index contributed by atoms with van der Waals surface area (Å²) < 4.78 is 2.13. The molecule has 1 N–H and O–H groups in total. The second kappa shape index (κ2) is 6.95. The van der Waals surface area contributed by atoms with Gasteiger partial charge in [-0.2, -0.15) is 5.10 Å². The van der Waals surface area contributed by atoms with Crippen LogP contribution < -0.4 is 10.2 Å². The van der Waals surface area contributed by atoms with Gasteiger partial charge in [-0.05, 0) is 44.5 Å². The van der Waals surface area contributed by atoms with Crippen LogP contribution in [0.2, 0.25) is 0 Å². The second-order valence-corrected chi connectivity index (χ2v) is 7.94. The molecule has 1 aromatic carbocycles. The Bertz CT molecular complexity index is 719. The summed E-state index contributed by atoms with van der Waals surface area (Å²) in [5.74, 6) is 1.17. The lowest BCUT2D eigenvalue weighted by molar-refractivity contribution is 0.313. The van der Waals surface area contributed by atoms with Gasteiger partial charge in [0, 0.05) is 56.4 Å². The molecule has 5 nitrogen and oxygen atoms in total. The van der Waals surface area contributed by atoms with Gasteiger partial charge < -0.3 is 15.1 Å². The van der Waals surface area contributed by atoms with Crippen LogP contribution in [0.25, 0.3) is 0 Å². The Balaban J connectivity index is 1.58. The fourth-order valence-corrected chi connectivity index (χ4v) is 4.08. The molecule has 140 valence electrons. The molecule has 0 spiro atoms. The van der Waals surface area contributed by atoms with Crippen molar-refractivity contribution in [2.75, 3.05) is 50.0 Å². The lowest BCUT2D eigenvalue weighted by atomic mass is 9.77. The van der Waals surface area contributed by atoms with Gasteiger partial charge in [0.1, 0.15) is 5.82 Å². The highest BCUT2D eigenvalue weighted by Gasteiger charge is 2.31. The molecule has 5 heteroatoms. The van der Waals surface area contributed by atoms with Gasteiger partial charge in [0.05, 0.1) is 5.69 Å². The minimum absolute atomic E-state index is 0.0489. The highest BCUT2D eigenvalue weighted by Crippen LogP contribution is 2.37. The first kappa shape index (κ1) is 17.4. The first-order chi connectivity index (χ1) is 12.6. The number of rotatable bonds is 4. The van der Waals surface area contributed by atoms with Gasteiger partial charge in [-0.3, -0.25) is 0 Å². The van der Waals surface area contributed by atoms with Crippen LogP contribution in [-0.2, 0) is 12.0 Å². The number of nitrogens with one attached hydrogen (secondary N) is 1. The number of aryl methyl sites for hydroxylation is 1. The quantitative estimate of drug-likeness (QED) is 0.916. The molecule has 1 saturated heterocycles. The molecule has 0 radical (unpaired) electrons. The fourth-order valence-electron chi connectivity index (χ4n) is 4.08. The van der Waals surface area contributed by atoms with Crippen molar-refractivity contribution >= 4 is 11.5 Å². The summed E-state index contributed by atoms with van der Waals surface area (Å²) in [6, 6.07) is 11.5. The van der Waals surface area contributed by atoms with E-state index in [0.29, 0.717) is 0 Å². The molecule has 1 aromatic heterocycles. The van der Waals surface area contributed by atoms with Crippen LogP contribution in [0.3, 0.4) is 0 Å². The molecule has 1 unspecified atom stereocenters. The van der Waals surface area contributed by atoms with Gasteiger partial charge in [-0.1, -0.05) is 19.1 Å². The minimum atomic E-state index is -0.0489. The molecule has 0 amide bonds. The summed E-state index contributed by atoms with van der Waals surface area (Å²) >= 11 is 0.